The number of benzene rings is 1. The highest BCUT2D eigenvalue weighted by Gasteiger charge is 2.33. The monoisotopic (exact) mass is 491 g/mol. The molecule has 8 heteroatoms. The number of alkyl halides is 3. The van der Waals surface area contributed by atoms with E-state index in [1.54, 1.807) is 18.2 Å². The molecule has 1 heterocycles. The first-order valence-corrected chi connectivity index (χ1v) is 7.82. The summed E-state index contributed by atoms with van der Waals surface area (Å²) in [5.74, 6) is 0. The van der Waals surface area contributed by atoms with Crippen LogP contribution in [0.25, 0.3) is 0 Å². The number of hydrogen-bond acceptors (Lipinski definition) is 2. The minimum atomic E-state index is -4.57. The van der Waals surface area contributed by atoms with Gasteiger partial charge in [0.05, 0.1) is 0 Å². The van der Waals surface area contributed by atoms with Crippen LogP contribution in [-0.4, -0.2) is 10.1 Å². The zero-order chi connectivity index (χ0) is 15.8. The minimum absolute atomic E-state index is 0.126. The Labute approximate surface area is 145 Å². The maximum absolute atomic E-state index is 12.5. The predicted octanol–water partition coefficient (Wildman–Crippen LogP) is 5.20. The Hall–Kier alpha value is -0.380. The molecule has 21 heavy (non-hydrogen) atoms. The molecule has 0 saturated carbocycles. The highest BCUT2D eigenvalue weighted by molar-refractivity contribution is 14.1. The fourth-order valence-corrected chi connectivity index (χ4v) is 2.97. The van der Waals surface area contributed by atoms with E-state index in [0.717, 1.165) is 20.2 Å². The SMILES string of the molecule is OC(c1cc(Br)ccc1I)c1ccc(C(F)(F)F)nc1Cl. The van der Waals surface area contributed by atoms with Gasteiger partial charge in [-0.2, -0.15) is 13.2 Å². The van der Waals surface area contributed by atoms with Gasteiger partial charge in [0.15, 0.2) is 0 Å². The number of hydrogen-bond donors (Lipinski definition) is 1. The van der Waals surface area contributed by atoms with Gasteiger partial charge >= 0.3 is 6.18 Å². The van der Waals surface area contributed by atoms with Crippen LogP contribution in [0.15, 0.2) is 34.8 Å². The second-order valence-corrected chi connectivity index (χ2v) is 6.58. The van der Waals surface area contributed by atoms with Crippen molar-refractivity contribution in [2.24, 2.45) is 0 Å². The molecule has 1 aromatic heterocycles. The summed E-state index contributed by atoms with van der Waals surface area (Å²) in [6.45, 7) is 0. The summed E-state index contributed by atoms with van der Waals surface area (Å²) in [5.41, 5.74) is -0.429. The molecule has 1 N–H and O–H groups in total. The highest BCUT2D eigenvalue weighted by atomic mass is 127. The average Bonchev–Trinajstić information content (AvgIpc) is 2.39. The highest BCUT2D eigenvalue weighted by Crippen LogP contribution is 2.34. The Bertz CT molecular complexity index is 681. The van der Waals surface area contributed by atoms with E-state index in [-0.39, 0.29) is 10.7 Å². The van der Waals surface area contributed by atoms with Crippen LogP contribution < -0.4 is 0 Å². The summed E-state index contributed by atoms with van der Waals surface area (Å²) in [4.78, 5) is 3.31. The Morgan fingerprint density at radius 3 is 2.43 bits per heavy atom. The summed E-state index contributed by atoms with van der Waals surface area (Å²) in [5, 5.41) is 9.97. The maximum Gasteiger partial charge on any atom is 0.433 e. The fourth-order valence-electron chi connectivity index (χ4n) is 1.70. The molecule has 0 bridgehead atoms. The van der Waals surface area contributed by atoms with E-state index in [0.29, 0.717) is 5.56 Å². The summed E-state index contributed by atoms with van der Waals surface area (Å²) in [6, 6.07) is 7.19. The molecule has 1 unspecified atom stereocenters. The van der Waals surface area contributed by atoms with Crippen molar-refractivity contribution in [2.45, 2.75) is 12.3 Å². The predicted molar refractivity (Wildman–Crippen MR) is 85.2 cm³/mol. The molecule has 1 aromatic carbocycles. The molecule has 0 fully saturated rings. The summed E-state index contributed by atoms with van der Waals surface area (Å²) in [6.07, 6.45) is -5.73. The third-order valence-electron chi connectivity index (χ3n) is 2.72. The lowest BCUT2D eigenvalue weighted by Crippen LogP contribution is -2.10. The zero-order valence-electron chi connectivity index (χ0n) is 10.1. The molecule has 112 valence electrons. The van der Waals surface area contributed by atoms with Crippen LogP contribution >= 0.6 is 50.1 Å². The molecule has 0 radical (unpaired) electrons. The van der Waals surface area contributed by atoms with Crippen LogP contribution in [0.1, 0.15) is 22.9 Å². The van der Waals surface area contributed by atoms with Crippen LogP contribution in [0, 0.1) is 3.57 Å². The van der Waals surface area contributed by atoms with E-state index in [4.69, 9.17) is 11.6 Å². The quantitative estimate of drug-likeness (QED) is 0.462. The second kappa shape index (κ2) is 6.39. The molecular weight excluding hydrogens is 485 g/mol. The van der Waals surface area contributed by atoms with Gasteiger partial charge in [-0.15, -0.1) is 0 Å². The Balaban J connectivity index is 2.44. The number of rotatable bonds is 2. The van der Waals surface area contributed by atoms with E-state index >= 15 is 0 Å². The normalized spacial score (nSPS) is 13.3. The van der Waals surface area contributed by atoms with Gasteiger partial charge in [-0.25, -0.2) is 4.98 Å². The Morgan fingerprint density at radius 2 is 1.86 bits per heavy atom. The van der Waals surface area contributed by atoms with Crippen molar-refractivity contribution in [2.75, 3.05) is 0 Å². The van der Waals surface area contributed by atoms with Gasteiger partial charge in [0.1, 0.15) is 17.0 Å². The number of aliphatic hydroxyl groups excluding tert-OH is 1. The summed E-state index contributed by atoms with van der Waals surface area (Å²) in [7, 11) is 0. The van der Waals surface area contributed by atoms with Crippen LogP contribution in [0.4, 0.5) is 13.2 Å². The molecule has 2 rings (SSSR count). The number of pyridine rings is 1. The number of aromatic nitrogens is 1. The van der Waals surface area contributed by atoms with Gasteiger partial charge in [-0.05, 0) is 52.4 Å². The first-order chi connectivity index (χ1) is 9.70. The van der Waals surface area contributed by atoms with Crippen LogP contribution in [0.3, 0.4) is 0 Å². The van der Waals surface area contributed by atoms with Gasteiger partial charge in [0.25, 0.3) is 0 Å². The third-order valence-corrected chi connectivity index (χ3v) is 4.49. The van der Waals surface area contributed by atoms with Crippen molar-refractivity contribution < 1.29 is 18.3 Å². The molecule has 2 aromatic rings. The maximum atomic E-state index is 12.5. The van der Waals surface area contributed by atoms with E-state index in [2.05, 4.69) is 20.9 Å². The summed E-state index contributed by atoms with van der Waals surface area (Å²) < 4.78 is 39.2. The molecule has 0 aliphatic rings. The first-order valence-electron chi connectivity index (χ1n) is 5.57. The lowest BCUT2D eigenvalue weighted by molar-refractivity contribution is -0.141. The molecule has 0 amide bonds. The lowest BCUT2D eigenvalue weighted by atomic mass is 10.0. The number of halogens is 6. The van der Waals surface area contributed by atoms with Gasteiger partial charge in [-0.1, -0.05) is 33.6 Å². The fraction of sp³-hybridized carbons (Fsp3) is 0.154. The second-order valence-electron chi connectivity index (χ2n) is 4.14. The van der Waals surface area contributed by atoms with Crippen LogP contribution in [0.5, 0.6) is 0 Å². The van der Waals surface area contributed by atoms with Crippen molar-refractivity contribution in [3.63, 3.8) is 0 Å². The zero-order valence-corrected chi connectivity index (χ0v) is 14.6. The van der Waals surface area contributed by atoms with Crippen LogP contribution in [0.2, 0.25) is 5.15 Å². The number of nitrogens with zero attached hydrogens (tertiary/aromatic N) is 1. The number of aliphatic hydroxyl groups is 1. The van der Waals surface area contributed by atoms with Crippen molar-refractivity contribution in [3.8, 4) is 0 Å². The summed E-state index contributed by atoms with van der Waals surface area (Å²) >= 11 is 11.1. The van der Waals surface area contributed by atoms with E-state index < -0.39 is 18.0 Å². The van der Waals surface area contributed by atoms with Gasteiger partial charge in [0.2, 0.25) is 0 Å². The van der Waals surface area contributed by atoms with E-state index in [1.807, 2.05) is 22.6 Å². The molecule has 1 atom stereocenters. The smallest absolute Gasteiger partial charge is 0.384 e. The van der Waals surface area contributed by atoms with E-state index in [9.17, 15) is 18.3 Å². The third kappa shape index (κ3) is 3.88. The van der Waals surface area contributed by atoms with Gasteiger partial charge in [-0.3, -0.25) is 0 Å². The van der Waals surface area contributed by atoms with Crippen LogP contribution in [-0.2, 0) is 6.18 Å². The average molecular weight is 492 g/mol. The largest absolute Gasteiger partial charge is 0.433 e. The molecular formula is C13H7BrClF3INO. The van der Waals surface area contributed by atoms with Crippen molar-refractivity contribution >= 4 is 50.1 Å². The topological polar surface area (TPSA) is 33.1 Å². The standard InChI is InChI=1S/C13H7BrClF3INO/c14-6-1-3-9(19)8(5-6)11(21)7-2-4-10(13(16,17)18)20-12(7)15/h1-5,11,21H. The molecule has 0 saturated heterocycles. The van der Waals surface area contributed by atoms with Gasteiger partial charge in [0, 0.05) is 13.6 Å². The first kappa shape index (κ1) is 17.0. The van der Waals surface area contributed by atoms with Crippen molar-refractivity contribution in [3.05, 3.63) is 60.3 Å². The van der Waals surface area contributed by atoms with Gasteiger partial charge < -0.3 is 5.11 Å². The molecule has 0 spiro atoms. The lowest BCUT2D eigenvalue weighted by Gasteiger charge is -2.16. The van der Waals surface area contributed by atoms with E-state index in [1.165, 1.54) is 0 Å². The Kier molecular flexibility index (Phi) is 5.17. The molecule has 2 nitrogen and oxygen atoms in total. The molecule has 0 aliphatic carbocycles. The van der Waals surface area contributed by atoms with Crippen molar-refractivity contribution in [1.82, 2.24) is 4.98 Å². The minimum Gasteiger partial charge on any atom is -0.384 e. The molecule has 0 aliphatic heterocycles. The Morgan fingerprint density at radius 1 is 1.19 bits per heavy atom. The van der Waals surface area contributed by atoms with Crippen molar-refractivity contribution in [1.29, 1.82) is 0 Å².